The molecule has 0 bridgehead atoms. The number of aromatic nitrogens is 2. The van der Waals surface area contributed by atoms with Crippen molar-refractivity contribution in [3.05, 3.63) is 48.0 Å². The van der Waals surface area contributed by atoms with Crippen LogP contribution in [0.5, 0.6) is 5.75 Å². The van der Waals surface area contributed by atoms with Crippen LogP contribution in [0.15, 0.2) is 42.5 Å². The molecule has 0 spiro atoms. The maximum Gasteiger partial charge on any atom is 0.243 e. The zero-order valence-electron chi connectivity index (χ0n) is 20.6. The van der Waals surface area contributed by atoms with Crippen molar-refractivity contribution in [3.63, 3.8) is 0 Å². The fourth-order valence-electron chi connectivity index (χ4n) is 6.01. The molecular formula is C29H37N3O2. The Kier molecular flexibility index (Phi) is 6.89. The lowest BCUT2D eigenvalue weighted by Crippen LogP contribution is -2.43. The largest absolute Gasteiger partial charge is 0.496 e. The maximum absolute atomic E-state index is 14.0. The summed E-state index contributed by atoms with van der Waals surface area (Å²) in [4.78, 5) is 19.1. The highest BCUT2D eigenvalue weighted by atomic mass is 16.5. The summed E-state index contributed by atoms with van der Waals surface area (Å²) in [5.74, 6) is 2.19. The number of carbonyl (C=O) groups excluding carboxylic acids is 1. The average Bonchev–Trinajstić information content (AvgIpc) is 3.25. The molecule has 1 unspecified atom stereocenters. The molecule has 5 heteroatoms. The van der Waals surface area contributed by atoms with Crippen molar-refractivity contribution in [1.29, 1.82) is 0 Å². The van der Waals surface area contributed by atoms with Gasteiger partial charge in [0.1, 0.15) is 17.6 Å². The molecule has 5 nitrogen and oxygen atoms in total. The number of methoxy groups -OCH3 is 1. The lowest BCUT2D eigenvalue weighted by Gasteiger charge is -2.33. The Morgan fingerprint density at radius 3 is 2.44 bits per heavy atom. The van der Waals surface area contributed by atoms with E-state index in [9.17, 15) is 4.79 Å². The Morgan fingerprint density at radius 2 is 1.71 bits per heavy atom. The van der Waals surface area contributed by atoms with E-state index in [-0.39, 0.29) is 11.9 Å². The predicted octanol–water partition coefficient (Wildman–Crippen LogP) is 6.59. The molecule has 2 aromatic carbocycles. The van der Waals surface area contributed by atoms with Gasteiger partial charge in [-0.05, 0) is 62.3 Å². The minimum absolute atomic E-state index is 0.169. The molecule has 2 saturated carbocycles. The third-order valence-corrected chi connectivity index (χ3v) is 7.86. The first kappa shape index (κ1) is 22.9. The van der Waals surface area contributed by atoms with Gasteiger partial charge in [-0.3, -0.25) is 4.79 Å². The number of ether oxygens (including phenoxy) is 1. The fourth-order valence-corrected chi connectivity index (χ4v) is 6.01. The van der Waals surface area contributed by atoms with Crippen molar-refractivity contribution in [3.8, 4) is 17.1 Å². The van der Waals surface area contributed by atoms with Gasteiger partial charge < -0.3 is 14.6 Å². The number of para-hydroxylation sites is 2. The van der Waals surface area contributed by atoms with Crippen LogP contribution in [0.2, 0.25) is 0 Å². The Morgan fingerprint density at radius 1 is 1.00 bits per heavy atom. The van der Waals surface area contributed by atoms with Crippen LogP contribution in [0, 0.1) is 12.8 Å². The van der Waals surface area contributed by atoms with Crippen LogP contribution in [0.4, 0.5) is 0 Å². The number of imidazole rings is 1. The van der Waals surface area contributed by atoms with Crippen LogP contribution in [0.3, 0.4) is 0 Å². The van der Waals surface area contributed by atoms with Gasteiger partial charge in [-0.15, -0.1) is 0 Å². The van der Waals surface area contributed by atoms with Crippen molar-refractivity contribution >= 4 is 16.9 Å². The zero-order chi connectivity index (χ0) is 23.5. The van der Waals surface area contributed by atoms with Gasteiger partial charge in [0.05, 0.1) is 18.1 Å². The van der Waals surface area contributed by atoms with E-state index in [1.54, 1.807) is 7.11 Å². The summed E-state index contributed by atoms with van der Waals surface area (Å²) in [6.07, 6.45) is 11.7. The second-order valence-corrected chi connectivity index (χ2v) is 10.2. The molecule has 0 aliphatic heterocycles. The molecule has 0 saturated heterocycles. The van der Waals surface area contributed by atoms with Crippen molar-refractivity contribution in [2.45, 2.75) is 83.2 Å². The normalized spacial score (nSPS) is 18.6. The Bertz CT molecular complexity index is 1140. The van der Waals surface area contributed by atoms with Crippen molar-refractivity contribution in [2.24, 2.45) is 5.92 Å². The van der Waals surface area contributed by atoms with Crippen LogP contribution in [-0.4, -0.2) is 28.6 Å². The second-order valence-electron chi connectivity index (χ2n) is 10.2. The summed E-state index contributed by atoms with van der Waals surface area (Å²) in [6, 6.07) is 14.5. The van der Waals surface area contributed by atoms with Gasteiger partial charge in [-0.25, -0.2) is 4.98 Å². The molecule has 1 aromatic heterocycles. The smallest absolute Gasteiger partial charge is 0.243 e. The average molecular weight is 460 g/mol. The number of carbonyl (C=O) groups is 1. The molecule has 1 heterocycles. The van der Waals surface area contributed by atoms with E-state index in [1.807, 2.05) is 13.0 Å². The number of hydrogen-bond acceptors (Lipinski definition) is 3. The van der Waals surface area contributed by atoms with Crippen LogP contribution < -0.4 is 10.1 Å². The summed E-state index contributed by atoms with van der Waals surface area (Å²) < 4.78 is 7.87. The molecule has 2 aliphatic carbocycles. The second kappa shape index (κ2) is 10.2. The monoisotopic (exact) mass is 459 g/mol. The Balaban J connectivity index is 1.63. The van der Waals surface area contributed by atoms with E-state index < -0.39 is 0 Å². The predicted molar refractivity (Wildman–Crippen MR) is 137 cm³/mol. The molecule has 1 N–H and O–H groups in total. The van der Waals surface area contributed by atoms with Gasteiger partial charge in [-0.2, -0.15) is 0 Å². The molecule has 3 aromatic rings. The summed E-state index contributed by atoms with van der Waals surface area (Å²) in [6.45, 7) is 2.05. The molecule has 2 aliphatic rings. The van der Waals surface area contributed by atoms with Gasteiger partial charge in [-0.1, -0.05) is 62.8 Å². The molecule has 1 atom stereocenters. The highest BCUT2D eigenvalue weighted by molar-refractivity contribution is 5.87. The zero-order valence-corrected chi connectivity index (χ0v) is 20.6. The van der Waals surface area contributed by atoms with Gasteiger partial charge >= 0.3 is 0 Å². The number of hydrogen-bond donors (Lipinski definition) is 1. The van der Waals surface area contributed by atoms with Gasteiger partial charge in [0, 0.05) is 11.6 Å². The lowest BCUT2D eigenvalue weighted by molar-refractivity contribution is -0.127. The van der Waals surface area contributed by atoms with Crippen LogP contribution in [0.1, 0.15) is 75.8 Å². The van der Waals surface area contributed by atoms with Gasteiger partial charge in [0.15, 0.2) is 0 Å². The minimum Gasteiger partial charge on any atom is -0.496 e. The first-order valence-electron chi connectivity index (χ1n) is 13.1. The number of aryl methyl sites for hydroxylation is 1. The first-order valence-corrected chi connectivity index (χ1v) is 13.1. The highest BCUT2D eigenvalue weighted by Gasteiger charge is 2.35. The summed E-state index contributed by atoms with van der Waals surface area (Å²) in [5.41, 5.74) is 4.05. The molecular weight excluding hydrogens is 422 g/mol. The van der Waals surface area contributed by atoms with Crippen molar-refractivity contribution < 1.29 is 9.53 Å². The van der Waals surface area contributed by atoms with E-state index in [0.29, 0.717) is 12.0 Å². The minimum atomic E-state index is -0.253. The summed E-state index contributed by atoms with van der Waals surface area (Å²) in [7, 11) is 1.71. The standard InChI is InChI=1S/C29H37N3O2/c1-20-17-18-22(19-26(20)34-2)28-31-24-15-9-10-16-25(24)32(28)27(21-11-5-3-6-12-21)29(33)30-23-13-7-4-8-14-23/h9-10,15-19,21,23,27H,3-8,11-14H2,1-2H3,(H,30,33). The number of rotatable bonds is 6. The summed E-state index contributed by atoms with van der Waals surface area (Å²) >= 11 is 0. The van der Waals surface area contributed by atoms with E-state index in [1.165, 1.54) is 38.5 Å². The van der Waals surface area contributed by atoms with Crippen molar-refractivity contribution in [2.75, 3.05) is 7.11 Å². The molecule has 180 valence electrons. The highest BCUT2D eigenvalue weighted by Crippen LogP contribution is 2.39. The topological polar surface area (TPSA) is 56.2 Å². The number of nitrogens with zero attached hydrogens (tertiary/aromatic N) is 2. The quantitative estimate of drug-likeness (QED) is 0.452. The fraction of sp³-hybridized carbons (Fsp3) is 0.517. The molecule has 2 fully saturated rings. The third-order valence-electron chi connectivity index (χ3n) is 7.86. The summed E-state index contributed by atoms with van der Waals surface area (Å²) in [5, 5.41) is 3.47. The van der Waals surface area contributed by atoms with Crippen LogP contribution >= 0.6 is 0 Å². The van der Waals surface area contributed by atoms with E-state index in [4.69, 9.17) is 9.72 Å². The molecule has 34 heavy (non-hydrogen) atoms. The molecule has 0 radical (unpaired) electrons. The lowest BCUT2D eigenvalue weighted by atomic mass is 9.82. The van der Waals surface area contributed by atoms with Crippen molar-refractivity contribution in [1.82, 2.24) is 14.9 Å². The van der Waals surface area contributed by atoms with E-state index >= 15 is 0 Å². The SMILES string of the molecule is COc1cc(-c2nc3ccccc3n2C(C(=O)NC2CCCCC2)C2CCCCC2)ccc1C. The third kappa shape index (κ3) is 4.57. The Labute approximate surface area is 202 Å². The van der Waals surface area contributed by atoms with Crippen LogP contribution in [0.25, 0.3) is 22.4 Å². The number of nitrogens with one attached hydrogen (secondary N) is 1. The Hall–Kier alpha value is -2.82. The first-order chi connectivity index (χ1) is 16.7. The number of fused-ring (bicyclic) bond motifs is 1. The van der Waals surface area contributed by atoms with Crippen LogP contribution in [-0.2, 0) is 4.79 Å². The molecule has 5 rings (SSSR count). The number of benzene rings is 2. The van der Waals surface area contributed by atoms with Gasteiger partial charge in [0.2, 0.25) is 5.91 Å². The van der Waals surface area contributed by atoms with E-state index in [2.05, 4.69) is 46.3 Å². The van der Waals surface area contributed by atoms with Gasteiger partial charge in [0.25, 0.3) is 0 Å². The molecule has 1 amide bonds. The maximum atomic E-state index is 14.0. The number of amides is 1. The van der Waals surface area contributed by atoms with E-state index in [0.717, 1.165) is 59.4 Å².